The van der Waals surface area contributed by atoms with Crippen LogP contribution in [0.1, 0.15) is 72.0 Å². The number of anilines is 1. The minimum atomic E-state index is -4.82. The molecular formula is C27H31F3N6O2. The minimum Gasteiger partial charge on any atom is -0.406 e. The number of nitrogen functional groups attached to an aromatic ring is 1. The zero-order valence-corrected chi connectivity index (χ0v) is 21.0. The molecule has 0 unspecified atom stereocenters. The number of hydrogen-bond acceptors (Lipinski definition) is 6. The number of aromatic amines is 1. The van der Waals surface area contributed by atoms with Crippen molar-refractivity contribution in [1.29, 1.82) is 0 Å². The average molecular weight is 529 g/mol. The van der Waals surface area contributed by atoms with Crippen LogP contribution in [0.2, 0.25) is 0 Å². The zero-order valence-electron chi connectivity index (χ0n) is 21.0. The van der Waals surface area contributed by atoms with Crippen molar-refractivity contribution in [1.82, 2.24) is 24.8 Å². The molecule has 1 aliphatic carbocycles. The summed E-state index contributed by atoms with van der Waals surface area (Å²) in [5.41, 5.74) is 9.93. The Balaban J connectivity index is 1.11. The molecular weight excluding hydrogens is 497 g/mol. The summed E-state index contributed by atoms with van der Waals surface area (Å²) in [6.07, 6.45) is 5.49. The Bertz CT molecular complexity index is 1320. The van der Waals surface area contributed by atoms with Crippen LogP contribution in [0.25, 0.3) is 11.2 Å². The van der Waals surface area contributed by atoms with Crippen LogP contribution >= 0.6 is 0 Å². The van der Waals surface area contributed by atoms with E-state index in [0.717, 1.165) is 79.4 Å². The van der Waals surface area contributed by atoms with Crippen molar-refractivity contribution in [3.05, 3.63) is 47.4 Å². The monoisotopic (exact) mass is 528 g/mol. The summed E-state index contributed by atoms with van der Waals surface area (Å²) >= 11 is 0. The molecule has 2 aliphatic heterocycles. The van der Waals surface area contributed by atoms with Gasteiger partial charge in [0.15, 0.2) is 5.65 Å². The molecule has 0 spiro atoms. The first kappa shape index (κ1) is 25.0. The molecule has 3 aliphatic rings. The standard InChI is InChI=1S/C27H31F3N6O2/c28-27(29,30)38-19-3-4-20(22(31)13-19)26(37)36-11-5-16(6-12-36)21-14-32-25-24(21)34-23(15-33-25)17-7-9-35(10-8-17)18-1-2-18/h3-4,13-18H,1-2,5-12,31H2,(H,32,33). The highest BCUT2D eigenvalue weighted by Crippen LogP contribution is 2.36. The van der Waals surface area contributed by atoms with Crippen molar-refractivity contribution in [2.45, 2.75) is 62.8 Å². The second kappa shape index (κ2) is 9.76. The lowest BCUT2D eigenvalue weighted by Crippen LogP contribution is -2.38. The van der Waals surface area contributed by atoms with Gasteiger partial charge in [0, 0.05) is 48.6 Å². The topological polar surface area (TPSA) is 100 Å². The second-order valence-electron chi connectivity index (χ2n) is 10.6. The molecule has 1 aromatic carbocycles. The SMILES string of the molecule is Nc1cc(OC(F)(F)F)ccc1C(=O)N1CCC(c2c[nH]c3ncc(C4CCN(C5CC5)CC4)nc23)CC1. The van der Waals surface area contributed by atoms with Crippen molar-refractivity contribution in [3.8, 4) is 5.75 Å². The third-order valence-corrected chi connectivity index (χ3v) is 8.15. The number of aromatic nitrogens is 3. The Morgan fingerprint density at radius 2 is 1.74 bits per heavy atom. The molecule has 1 amide bonds. The summed E-state index contributed by atoms with van der Waals surface area (Å²) < 4.78 is 41.3. The number of benzene rings is 1. The number of H-pyrrole nitrogens is 1. The molecule has 1 saturated carbocycles. The van der Waals surface area contributed by atoms with E-state index in [4.69, 9.17) is 10.7 Å². The van der Waals surface area contributed by atoms with Crippen LogP contribution in [0, 0.1) is 0 Å². The van der Waals surface area contributed by atoms with Crippen LogP contribution in [-0.4, -0.2) is 69.2 Å². The smallest absolute Gasteiger partial charge is 0.406 e. The van der Waals surface area contributed by atoms with Gasteiger partial charge in [-0.05, 0) is 69.7 Å². The van der Waals surface area contributed by atoms with Gasteiger partial charge >= 0.3 is 6.36 Å². The number of nitrogens with two attached hydrogens (primary N) is 1. The van der Waals surface area contributed by atoms with Crippen molar-refractivity contribution >= 4 is 22.8 Å². The molecule has 3 aromatic rings. The molecule has 0 radical (unpaired) electrons. The predicted octanol–water partition coefficient (Wildman–Crippen LogP) is 4.80. The lowest BCUT2D eigenvalue weighted by atomic mass is 9.90. The van der Waals surface area contributed by atoms with Crippen LogP contribution in [0.5, 0.6) is 5.75 Å². The third kappa shape index (κ3) is 5.16. The fraction of sp³-hybridized carbons (Fsp3) is 0.519. The Morgan fingerprint density at radius 1 is 1.03 bits per heavy atom. The first-order valence-electron chi connectivity index (χ1n) is 13.3. The highest BCUT2D eigenvalue weighted by molar-refractivity contribution is 5.99. The van der Waals surface area contributed by atoms with Crippen molar-refractivity contribution in [2.24, 2.45) is 0 Å². The minimum absolute atomic E-state index is 0.0405. The second-order valence-corrected chi connectivity index (χ2v) is 10.6. The van der Waals surface area contributed by atoms with E-state index in [1.54, 1.807) is 4.90 Å². The van der Waals surface area contributed by atoms with Crippen LogP contribution in [-0.2, 0) is 0 Å². The van der Waals surface area contributed by atoms with Gasteiger partial charge in [0.1, 0.15) is 11.3 Å². The third-order valence-electron chi connectivity index (χ3n) is 8.15. The number of alkyl halides is 3. The number of carbonyl (C=O) groups excluding carboxylic acids is 1. The zero-order chi connectivity index (χ0) is 26.4. The Labute approximate surface area is 218 Å². The fourth-order valence-electron chi connectivity index (χ4n) is 5.93. The molecule has 0 bridgehead atoms. The lowest BCUT2D eigenvalue weighted by Gasteiger charge is -2.32. The van der Waals surface area contributed by atoms with Gasteiger partial charge in [-0.2, -0.15) is 0 Å². The number of fused-ring (bicyclic) bond motifs is 1. The van der Waals surface area contributed by atoms with E-state index in [1.807, 2.05) is 12.4 Å². The molecule has 3 N–H and O–H groups in total. The van der Waals surface area contributed by atoms with Crippen molar-refractivity contribution in [2.75, 3.05) is 31.9 Å². The van der Waals surface area contributed by atoms with Crippen LogP contribution in [0.4, 0.5) is 18.9 Å². The maximum Gasteiger partial charge on any atom is 0.573 e. The highest BCUT2D eigenvalue weighted by atomic mass is 19.4. The van der Waals surface area contributed by atoms with Gasteiger partial charge in [0.25, 0.3) is 5.91 Å². The molecule has 11 heteroatoms. The summed E-state index contributed by atoms with van der Waals surface area (Å²) in [7, 11) is 0. The van der Waals surface area contributed by atoms with Crippen molar-refractivity contribution in [3.63, 3.8) is 0 Å². The first-order chi connectivity index (χ1) is 18.2. The summed E-state index contributed by atoms with van der Waals surface area (Å²) in [5.74, 6) is -0.0759. The first-order valence-corrected chi connectivity index (χ1v) is 13.3. The van der Waals surface area contributed by atoms with E-state index in [-0.39, 0.29) is 23.1 Å². The van der Waals surface area contributed by atoms with E-state index in [1.165, 1.54) is 18.9 Å². The van der Waals surface area contributed by atoms with Gasteiger partial charge in [-0.1, -0.05) is 0 Å². The maximum atomic E-state index is 13.1. The Hall–Kier alpha value is -3.34. The summed E-state index contributed by atoms with van der Waals surface area (Å²) in [4.78, 5) is 30.4. The number of piperidine rings is 2. The van der Waals surface area contributed by atoms with Gasteiger partial charge in [0.2, 0.25) is 0 Å². The average Bonchev–Trinajstić information content (AvgIpc) is 3.66. The van der Waals surface area contributed by atoms with E-state index in [9.17, 15) is 18.0 Å². The van der Waals surface area contributed by atoms with E-state index in [2.05, 4.69) is 19.6 Å². The number of rotatable bonds is 5. The number of nitrogens with zero attached hydrogens (tertiary/aromatic N) is 4. The van der Waals surface area contributed by atoms with Gasteiger partial charge in [0.05, 0.1) is 17.5 Å². The quantitative estimate of drug-likeness (QED) is 0.462. The Morgan fingerprint density at radius 3 is 2.39 bits per heavy atom. The maximum absolute atomic E-state index is 13.1. The lowest BCUT2D eigenvalue weighted by molar-refractivity contribution is -0.274. The molecule has 2 aromatic heterocycles. The predicted molar refractivity (Wildman–Crippen MR) is 136 cm³/mol. The molecule has 202 valence electrons. The Kier molecular flexibility index (Phi) is 6.41. The molecule has 3 fully saturated rings. The van der Waals surface area contributed by atoms with Crippen LogP contribution in [0.3, 0.4) is 0 Å². The van der Waals surface area contributed by atoms with E-state index in [0.29, 0.717) is 19.0 Å². The normalized spacial score (nSPS) is 20.2. The fourth-order valence-corrected chi connectivity index (χ4v) is 5.93. The number of likely N-dealkylation sites (tertiary alicyclic amines) is 2. The molecule has 38 heavy (non-hydrogen) atoms. The van der Waals surface area contributed by atoms with Gasteiger partial charge in [-0.15, -0.1) is 13.2 Å². The van der Waals surface area contributed by atoms with E-state index >= 15 is 0 Å². The van der Waals surface area contributed by atoms with Gasteiger partial charge in [-0.3, -0.25) is 4.79 Å². The van der Waals surface area contributed by atoms with Gasteiger partial charge in [-0.25, -0.2) is 9.97 Å². The molecule has 4 heterocycles. The largest absolute Gasteiger partial charge is 0.573 e. The number of carbonyl (C=O) groups is 1. The molecule has 2 saturated heterocycles. The highest BCUT2D eigenvalue weighted by Gasteiger charge is 2.34. The van der Waals surface area contributed by atoms with Crippen molar-refractivity contribution < 1.29 is 22.7 Å². The summed E-state index contributed by atoms with van der Waals surface area (Å²) in [6.45, 7) is 3.29. The van der Waals surface area contributed by atoms with E-state index < -0.39 is 12.1 Å². The van der Waals surface area contributed by atoms with Crippen LogP contribution in [0.15, 0.2) is 30.6 Å². The molecule has 6 rings (SSSR count). The summed E-state index contributed by atoms with van der Waals surface area (Å²) in [6, 6.07) is 4.24. The summed E-state index contributed by atoms with van der Waals surface area (Å²) in [5, 5.41) is 0. The number of amides is 1. The number of halogens is 3. The van der Waals surface area contributed by atoms with Gasteiger partial charge < -0.3 is 25.3 Å². The number of hydrogen-bond donors (Lipinski definition) is 2. The molecule has 8 nitrogen and oxygen atoms in total. The number of nitrogens with one attached hydrogen (secondary N) is 1. The molecule has 0 atom stereocenters. The van der Waals surface area contributed by atoms with Crippen LogP contribution < -0.4 is 10.5 Å². The number of ether oxygens (including phenoxy) is 1.